The maximum atomic E-state index is 10.7. The normalized spacial score (nSPS) is 11.0. The van der Waals surface area contributed by atoms with Crippen LogP contribution in [0.1, 0.15) is 19.9 Å². The van der Waals surface area contributed by atoms with Gasteiger partial charge in [-0.05, 0) is 26.0 Å². The van der Waals surface area contributed by atoms with Crippen molar-refractivity contribution in [2.24, 2.45) is 0 Å². The lowest BCUT2D eigenvalue weighted by Crippen LogP contribution is -2.07. The van der Waals surface area contributed by atoms with E-state index in [1.807, 2.05) is 13.8 Å². The molecule has 0 fully saturated rings. The first kappa shape index (κ1) is 15.2. The van der Waals surface area contributed by atoms with Crippen molar-refractivity contribution >= 4 is 17.7 Å². The number of aliphatic carboxylic acids is 1. The van der Waals surface area contributed by atoms with E-state index in [0.717, 1.165) is 11.8 Å². The Hall–Kier alpha value is -2.22. The van der Waals surface area contributed by atoms with Gasteiger partial charge in [0, 0.05) is 6.04 Å². The highest BCUT2D eigenvalue weighted by Gasteiger charge is 2.20. The van der Waals surface area contributed by atoms with Gasteiger partial charge >= 0.3 is 5.97 Å². The molecular formula is C13H15N3O4S. The SMILES string of the molecule is CC(C)n1c(SCC(=O)O)nnc1-c1cccc(O)c1O. The zero-order valence-corrected chi connectivity index (χ0v) is 12.3. The number of carboxylic acids is 1. The van der Waals surface area contributed by atoms with Gasteiger partial charge in [-0.15, -0.1) is 10.2 Å². The molecule has 0 radical (unpaired) electrons. The zero-order valence-electron chi connectivity index (χ0n) is 11.5. The summed E-state index contributed by atoms with van der Waals surface area (Å²) in [5, 5.41) is 36.7. The number of thioether (sulfide) groups is 1. The van der Waals surface area contributed by atoms with Gasteiger partial charge in [0.25, 0.3) is 0 Å². The molecule has 0 aliphatic carbocycles. The molecule has 0 bridgehead atoms. The second-order valence-electron chi connectivity index (χ2n) is 4.63. The molecule has 3 N–H and O–H groups in total. The molecule has 1 aromatic carbocycles. The molecule has 0 saturated carbocycles. The van der Waals surface area contributed by atoms with Crippen LogP contribution in [0.4, 0.5) is 0 Å². The number of nitrogens with zero attached hydrogens (tertiary/aromatic N) is 3. The monoisotopic (exact) mass is 309 g/mol. The summed E-state index contributed by atoms with van der Waals surface area (Å²) >= 11 is 1.05. The van der Waals surface area contributed by atoms with Gasteiger partial charge in [0.2, 0.25) is 0 Å². The third kappa shape index (κ3) is 3.10. The standard InChI is InChI=1S/C13H15N3O4S/c1-7(2)16-12(8-4-3-5-9(17)11(8)20)14-15-13(16)21-6-10(18)19/h3-5,7,17,20H,6H2,1-2H3,(H,18,19). The molecule has 0 unspecified atom stereocenters. The van der Waals surface area contributed by atoms with E-state index in [9.17, 15) is 15.0 Å². The third-order valence-corrected chi connectivity index (χ3v) is 3.69. The van der Waals surface area contributed by atoms with Crippen molar-refractivity contribution in [1.29, 1.82) is 0 Å². The summed E-state index contributed by atoms with van der Waals surface area (Å²) in [4.78, 5) is 10.7. The molecule has 112 valence electrons. The van der Waals surface area contributed by atoms with Crippen LogP contribution in [-0.4, -0.2) is 41.8 Å². The summed E-state index contributed by atoms with van der Waals surface area (Å²) in [6.45, 7) is 3.80. The van der Waals surface area contributed by atoms with E-state index in [2.05, 4.69) is 10.2 Å². The Kier molecular flexibility index (Phi) is 4.37. The van der Waals surface area contributed by atoms with Crippen molar-refractivity contribution in [2.75, 3.05) is 5.75 Å². The first-order chi connectivity index (χ1) is 9.91. The second kappa shape index (κ2) is 6.04. The first-order valence-corrected chi connectivity index (χ1v) is 7.21. The van der Waals surface area contributed by atoms with E-state index >= 15 is 0 Å². The topological polar surface area (TPSA) is 108 Å². The average molecular weight is 309 g/mol. The molecule has 2 aromatic rings. The lowest BCUT2D eigenvalue weighted by molar-refractivity contribution is -0.133. The highest BCUT2D eigenvalue weighted by Crippen LogP contribution is 2.37. The van der Waals surface area contributed by atoms with Crippen LogP contribution >= 0.6 is 11.8 Å². The number of para-hydroxylation sites is 1. The maximum absolute atomic E-state index is 10.7. The fourth-order valence-electron chi connectivity index (χ4n) is 1.86. The summed E-state index contributed by atoms with van der Waals surface area (Å²) in [6, 6.07) is 4.54. The van der Waals surface area contributed by atoms with Gasteiger partial charge in [-0.2, -0.15) is 0 Å². The van der Waals surface area contributed by atoms with Crippen LogP contribution in [0, 0.1) is 0 Å². The van der Waals surface area contributed by atoms with Gasteiger partial charge in [-0.3, -0.25) is 9.36 Å². The van der Waals surface area contributed by atoms with Crippen molar-refractivity contribution in [3.05, 3.63) is 18.2 Å². The zero-order chi connectivity index (χ0) is 15.6. The quantitative estimate of drug-likeness (QED) is 0.573. The van der Waals surface area contributed by atoms with Crippen LogP contribution in [0.3, 0.4) is 0 Å². The number of aromatic hydroxyl groups is 2. The fraction of sp³-hybridized carbons (Fsp3) is 0.308. The molecule has 2 rings (SSSR count). The number of carbonyl (C=O) groups is 1. The molecule has 0 saturated heterocycles. The predicted octanol–water partition coefficient (Wildman–Crippen LogP) is 2.11. The number of hydrogen-bond donors (Lipinski definition) is 3. The van der Waals surface area contributed by atoms with Crippen molar-refractivity contribution < 1.29 is 20.1 Å². The van der Waals surface area contributed by atoms with Crippen molar-refractivity contribution in [1.82, 2.24) is 14.8 Å². The van der Waals surface area contributed by atoms with Crippen LogP contribution in [0.5, 0.6) is 11.5 Å². The van der Waals surface area contributed by atoms with Gasteiger partial charge < -0.3 is 15.3 Å². The Bertz CT molecular complexity index is 669. The van der Waals surface area contributed by atoms with Crippen LogP contribution in [0.25, 0.3) is 11.4 Å². The minimum absolute atomic E-state index is 0.0342. The average Bonchev–Trinajstić information content (AvgIpc) is 2.83. The van der Waals surface area contributed by atoms with Gasteiger partial charge in [0.15, 0.2) is 22.5 Å². The van der Waals surface area contributed by atoms with E-state index in [1.165, 1.54) is 6.07 Å². The number of carboxylic acid groups (broad SMARTS) is 1. The molecule has 0 aliphatic rings. The Morgan fingerprint density at radius 2 is 2.05 bits per heavy atom. The van der Waals surface area contributed by atoms with Gasteiger partial charge in [0.1, 0.15) is 0 Å². The summed E-state index contributed by atoms with van der Waals surface area (Å²) in [6.07, 6.45) is 0. The summed E-state index contributed by atoms with van der Waals surface area (Å²) in [5.74, 6) is -1.21. The van der Waals surface area contributed by atoms with E-state index < -0.39 is 5.97 Å². The molecule has 0 amide bonds. The molecule has 1 heterocycles. The molecule has 8 heteroatoms. The first-order valence-electron chi connectivity index (χ1n) is 6.22. The second-order valence-corrected chi connectivity index (χ2v) is 5.57. The predicted molar refractivity (Wildman–Crippen MR) is 77.5 cm³/mol. The fourth-order valence-corrected chi connectivity index (χ4v) is 2.65. The largest absolute Gasteiger partial charge is 0.504 e. The van der Waals surface area contributed by atoms with Crippen molar-refractivity contribution in [2.45, 2.75) is 25.0 Å². The molecular weight excluding hydrogens is 294 g/mol. The number of benzene rings is 1. The minimum atomic E-state index is -0.944. The van der Waals surface area contributed by atoms with E-state index in [0.29, 0.717) is 16.5 Å². The van der Waals surface area contributed by atoms with Crippen LogP contribution in [0.15, 0.2) is 23.4 Å². The number of phenolic OH excluding ortho intramolecular Hbond substituents is 2. The third-order valence-electron chi connectivity index (χ3n) is 2.76. The van der Waals surface area contributed by atoms with Crippen LogP contribution in [0.2, 0.25) is 0 Å². The smallest absolute Gasteiger partial charge is 0.313 e. The molecule has 0 aliphatic heterocycles. The lowest BCUT2D eigenvalue weighted by atomic mass is 10.1. The Morgan fingerprint density at radius 3 is 2.67 bits per heavy atom. The van der Waals surface area contributed by atoms with E-state index in [4.69, 9.17) is 5.11 Å². The molecule has 7 nitrogen and oxygen atoms in total. The number of rotatable bonds is 5. The molecule has 0 atom stereocenters. The highest BCUT2D eigenvalue weighted by molar-refractivity contribution is 7.99. The number of aromatic nitrogens is 3. The van der Waals surface area contributed by atoms with Crippen molar-refractivity contribution in [3.8, 4) is 22.9 Å². The lowest BCUT2D eigenvalue weighted by Gasteiger charge is -2.14. The van der Waals surface area contributed by atoms with Crippen LogP contribution < -0.4 is 0 Å². The summed E-state index contributed by atoms with van der Waals surface area (Å²) < 4.78 is 1.72. The van der Waals surface area contributed by atoms with Gasteiger partial charge in [-0.25, -0.2) is 0 Å². The Balaban J connectivity index is 2.49. The van der Waals surface area contributed by atoms with Crippen molar-refractivity contribution in [3.63, 3.8) is 0 Å². The molecule has 21 heavy (non-hydrogen) atoms. The maximum Gasteiger partial charge on any atom is 0.313 e. The molecule has 1 aromatic heterocycles. The summed E-state index contributed by atoms with van der Waals surface area (Å²) in [7, 11) is 0. The molecule has 0 spiro atoms. The summed E-state index contributed by atoms with van der Waals surface area (Å²) in [5.41, 5.74) is 0.346. The van der Waals surface area contributed by atoms with Gasteiger partial charge in [-0.1, -0.05) is 17.8 Å². The van der Waals surface area contributed by atoms with Crippen LogP contribution in [-0.2, 0) is 4.79 Å². The number of hydrogen-bond acceptors (Lipinski definition) is 6. The number of phenols is 2. The minimum Gasteiger partial charge on any atom is -0.504 e. The van der Waals surface area contributed by atoms with E-state index in [-0.39, 0.29) is 23.3 Å². The Labute approximate surface area is 125 Å². The van der Waals surface area contributed by atoms with Gasteiger partial charge in [0.05, 0.1) is 11.3 Å². The Morgan fingerprint density at radius 1 is 1.33 bits per heavy atom. The highest BCUT2D eigenvalue weighted by atomic mass is 32.2. The van der Waals surface area contributed by atoms with E-state index in [1.54, 1.807) is 16.7 Å².